The summed E-state index contributed by atoms with van der Waals surface area (Å²) in [5, 5.41) is 0.451. The van der Waals surface area contributed by atoms with E-state index in [1.165, 1.54) is 12.5 Å². The second kappa shape index (κ2) is 6.23. The monoisotopic (exact) mass is 391 g/mol. The lowest BCUT2D eigenvalue weighted by Gasteiger charge is -2.38. The fourth-order valence-electron chi connectivity index (χ4n) is 4.35. The normalized spacial score (nSPS) is 20.9. The average molecular weight is 391 g/mol. The van der Waals surface area contributed by atoms with E-state index in [4.69, 9.17) is 0 Å². The molecule has 0 N–H and O–H groups in total. The van der Waals surface area contributed by atoms with Crippen LogP contribution in [0.5, 0.6) is 0 Å². The van der Waals surface area contributed by atoms with Gasteiger partial charge in [0.15, 0.2) is 5.82 Å². The van der Waals surface area contributed by atoms with Gasteiger partial charge in [0.05, 0.1) is 5.56 Å². The van der Waals surface area contributed by atoms with Gasteiger partial charge in [-0.15, -0.1) is 0 Å². The molecular formula is C19H17F4N5. The van der Waals surface area contributed by atoms with Crippen LogP contribution < -0.4 is 4.90 Å². The molecule has 5 rings (SSSR count). The first-order valence-corrected chi connectivity index (χ1v) is 9.21. The molecule has 3 aromatic rings. The third-order valence-corrected chi connectivity index (χ3v) is 5.71. The Morgan fingerprint density at radius 1 is 1.04 bits per heavy atom. The van der Waals surface area contributed by atoms with Gasteiger partial charge in [-0.25, -0.2) is 19.3 Å². The van der Waals surface area contributed by atoms with Gasteiger partial charge in [-0.05, 0) is 31.5 Å². The van der Waals surface area contributed by atoms with Crippen LogP contribution in [0.15, 0.2) is 24.7 Å². The van der Waals surface area contributed by atoms with Gasteiger partial charge >= 0.3 is 6.18 Å². The number of anilines is 1. The SMILES string of the molecule is Fc1cc(C(F)(F)F)cc2c1nc(N1CCN3CCCC3C1)c1ncncc12. The third-order valence-electron chi connectivity index (χ3n) is 5.71. The maximum absolute atomic E-state index is 14.6. The minimum atomic E-state index is -4.64. The first kappa shape index (κ1) is 17.5. The molecule has 146 valence electrons. The van der Waals surface area contributed by atoms with Crippen LogP contribution in [0.25, 0.3) is 21.8 Å². The fourth-order valence-corrected chi connectivity index (χ4v) is 4.35. The molecule has 2 fully saturated rings. The van der Waals surface area contributed by atoms with Gasteiger partial charge in [0.25, 0.3) is 0 Å². The zero-order chi connectivity index (χ0) is 19.5. The van der Waals surface area contributed by atoms with E-state index in [1.54, 1.807) is 0 Å². The van der Waals surface area contributed by atoms with Crippen LogP contribution in [0.1, 0.15) is 18.4 Å². The highest BCUT2D eigenvalue weighted by Crippen LogP contribution is 2.37. The van der Waals surface area contributed by atoms with E-state index >= 15 is 0 Å². The van der Waals surface area contributed by atoms with E-state index in [-0.39, 0.29) is 10.9 Å². The topological polar surface area (TPSA) is 45.2 Å². The van der Waals surface area contributed by atoms with Crippen molar-refractivity contribution in [1.29, 1.82) is 0 Å². The van der Waals surface area contributed by atoms with Gasteiger partial charge in [0.1, 0.15) is 23.2 Å². The Morgan fingerprint density at radius 3 is 2.71 bits per heavy atom. The van der Waals surface area contributed by atoms with Gasteiger partial charge in [-0.1, -0.05) is 0 Å². The zero-order valence-electron chi connectivity index (χ0n) is 14.9. The number of pyridine rings is 1. The van der Waals surface area contributed by atoms with Crippen molar-refractivity contribution < 1.29 is 17.6 Å². The van der Waals surface area contributed by atoms with Crippen molar-refractivity contribution >= 4 is 27.6 Å². The van der Waals surface area contributed by atoms with Crippen LogP contribution in [0.3, 0.4) is 0 Å². The summed E-state index contributed by atoms with van der Waals surface area (Å²) in [6.07, 6.45) is 0.382. The second-order valence-electron chi connectivity index (χ2n) is 7.35. The number of alkyl halides is 3. The number of fused-ring (bicyclic) bond motifs is 4. The van der Waals surface area contributed by atoms with Crippen LogP contribution in [0.4, 0.5) is 23.4 Å². The van der Waals surface area contributed by atoms with Crippen LogP contribution in [-0.2, 0) is 6.18 Å². The van der Waals surface area contributed by atoms with E-state index < -0.39 is 17.6 Å². The molecule has 5 nitrogen and oxygen atoms in total. The Kier molecular flexibility index (Phi) is 3.90. The first-order valence-electron chi connectivity index (χ1n) is 9.21. The molecule has 2 aliphatic rings. The first-order chi connectivity index (χ1) is 13.4. The summed E-state index contributed by atoms with van der Waals surface area (Å²) in [6.45, 7) is 3.43. The molecule has 9 heteroatoms. The van der Waals surface area contributed by atoms with E-state index in [0.29, 0.717) is 28.8 Å². The lowest BCUT2D eigenvalue weighted by atomic mass is 10.1. The summed E-state index contributed by atoms with van der Waals surface area (Å²) in [4.78, 5) is 17.2. The number of aromatic nitrogens is 3. The molecule has 0 bridgehead atoms. The quantitative estimate of drug-likeness (QED) is 0.468. The summed E-state index contributed by atoms with van der Waals surface area (Å²) < 4.78 is 54.1. The lowest BCUT2D eigenvalue weighted by Crippen LogP contribution is -2.50. The maximum Gasteiger partial charge on any atom is 0.416 e. The van der Waals surface area contributed by atoms with Gasteiger partial charge in [0, 0.05) is 42.6 Å². The Hall–Kier alpha value is -2.55. The smallest absolute Gasteiger partial charge is 0.352 e. The van der Waals surface area contributed by atoms with Gasteiger partial charge < -0.3 is 4.90 Å². The van der Waals surface area contributed by atoms with Gasteiger partial charge in [-0.3, -0.25) is 4.90 Å². The molecule has 2 saturated heterocycles. The highest BCUT2D eigenvalue weighted by atomic mass is 19.4. The van der Waals surface area contributed by atoms with Crippen LogP contribution in [-0.4, -0.2) is 52.1 Å². The molecular weight excluding hydrogens is 374 g/mol. The minimum absolute atomic E-state index is 0.0752. The second-order valence-corrected chi connectivity index (χ2v) is 7.35. The molecule has 2 aliphatic heterocycles. The summed E-state index contributed by atoms with van der Waals surface area (Å²) in [5.41, 5.74) is -0.677. The molecule has 1 atom stereocenters. The minimum Gasteiger partial charge on any atom is -0.352 e. The number of piperazine rings is 1. The van der Waals surface area contributed by atoms with Crippen LogP contribution >= 0.6 is 0 Å². The number of hydrogen-bond donors (Lipinski definition) is 0. The highest BCUT2D eigenvalue weighted by molar-refractivity contribution is 6.08. The van der Waals surface area contributed by atoms with Crippen molar-refractivity contribution in [2.24, 2.45) is 0 Å². The Balaban J connectivity index is 1.71. The van der Waals surface area contributed by atoms with E-state index in [9.17, 15) is 17.6 Å². The molecule has 0 spiro atoms. The Labute approximate surface area is 158 Å². The molecule has 0 amide bonds. The number of nitrogens with zero attached hydrogens (tertiary/aromatic N) is 5. The van der Waals surface area contributed by atoms with E-state index in [2.05, 4.69) is 24.8 Å². The van der Waals surface area contributed by atoms with E-state index in [1.807, 2.05) is 0 Å². The molecule has 0 saturated carbocycles. The highest BCUT2D eigenvalue weighted by Gasteiger charge is 2.34. The number of hydrogen-bond acceptors (Lipinski definition) is 5. The predicted octanol–water partition coefficient (Wildman–Crippen LogP) is 3.62. The molecule has 2 aromatic heterocycles. The summed E-state index contributed by atoms with van der Waals surface area (Å²) >= 11 is 0. The van der Waals surface area contributed by atoms with Crippen molar-refractivity contribution in [3.05, 3.63) is 36.0 Å². The Bertz CT molecular complexity index is 1070. The molecule has 0 radical (unpaired) electrons. The third kappa shape index (κ3) is 2.76. The van der Waals surface area contributed by atoms with E-state index in [0.717, 1.165) is 45.1 Å². The van der Waals surface area contributed by atoms with Crippen molar-refractivity contribution in [3.8, 4) is 0 Å². The molecule has 4 heterocycles. The number of benzene rings is 1. The molecule has 1 unspecified atom stereocenters. The summed E-state index contributed by atoms with van der Waals surface area (Å²) in [5.74, 6) is -0.480. The van der Waals surface area contributed by atoms with Gasteiger partial charge in [-0.2, -0.15) is 13.2 Å². The van der Waals surface area contributed by atoms with Crippen LogP contribution in [0, 0.1) is 5.82 Å². The predicted molar refractivity (Wildman–Crippen MR) is 96.6 cm³/mol. The molecule has 0 aliphatic carbocycles. The fraction of sp³-hybridized carbons (Fsp3) is 0.421. The zero-order valence-corrected chi connectivity index (χ0v) is 14.9. The average Bonchev–Trinajstić information content (AvgIpc) is 3.14. The van der Waals surface area contributed by atoms with Crippen molar-refractivity contribution in [3.63, 3.8) is 0 Å². The molecule has 1 aromatic carbocycles. The van der Waals surface area contributed by atoms with Crippen molar-refractivity contribution in [2.75, 3.05) is 31.1 Å². The van der Waals surface area contributed by atoms with Crippen molar-refractivity contribution in [2.45, 2.75) is 25.1 Å². The largest absolute Gasteiger partial charge is 0.416 e. The maximum atomic E-state index is 14.6. The summed E-state index contributed by atoms with van der Waals surface area (Å²) in [7, 11) is 0. The standard InChI is InChI=1S/C19H17F4N5/c20-15-7-11(19(21,22)23)6-13-14-8-24-10-25-17(14)18(26-16(13)15)28-5-4-27-3-1-2-12(27)9-28/h6-8,10,12H,1-5,9H2. The van der Waals surface area contributed by atoms with Gasteiger partial charge in [0.2, 0.25) is 0 Å². The summed E-state index contributed by atoms with van der Waals surface area (Å²) in [6, 6.07) is 1.85. The molecule has 28 heavy (non-hydrogen) atoms. The van der Waals surface area contributed by atoms with Crippen molar-refractivity contribution in [1.82, 2.24) is 19.9 Å². The number of rotatable bonds is 1. The lowest BCUT2D eigenvalue weighted by molar-refractivity contribution is -0.137. The Morgan fingerprint density at radius 2 is 1.89 bits per heavy atom. The van der Waals surface area contributed by atoms with Crippen LogP contribution in [0.2, 0.25) is 0 Å². The number of halogens is 4.